The van der Waals surface area contributed by atoms with E-state index in [0.29, 0.717) is 17.9 Å². The Morgan fingerprint density at radius 2 is 1.83 bits per heavy atom. The predicted octanol–water partition coefficient (Wildman–Crippen LogP) is 4.09. The van der Waals surface area contributed by atoms with Crippen molar-refractivity contribution in [1.82, 2.24) is 0 Å². The number of carbonyl (C=O) groups is 2. The molecular weight excluding hydrogens is 228 g/mol. The number of hydrogen-bond donors (Lipinski definition) is 0. The van der Waals surface area contributed by atoms with Crippen LogP contribution in [0.1, 0.15) is 68.2 Å². The van der Waals surface area contributed by atoms with Crippen molar-refractivity contribution in [2.24, 2.45) is 0 Å². The highest BCUT2D eigenvalue weighted by atomic mass is 16.3. The van der Waals surface area contributed by atoms with Crippen LogP contribution in [0.25, 0.3) is 0 Å². The number of aryl methyl sites for hydroxylation is 1. The van der Waals surface area contributed by atoms with E-state index in [1.54, 1.807) is 19.1 Å². The van der Waals surface area contributed by atoms with Crippen LogP contribution in [-0.2, 0) is 4.79 Å². The first-order valence-corrected chi connectivity index (χ1v) is 6.74. The zero-order valence-corrected chi connectivity index (χ0v) is 11.3. The van der Waals surface area contributed by atoms with Gasteiger partial charge in [0, 0.05) is 6.42 Å². The van der Waals surface area contributed by atoms with Gasteiger partial charge in [0.1, 0.15) is 11.5 Å². The summed E-state index contributed by atoms with van der Waals surface area (Å²) in [5.74, 6) is 0.810. The molecule has 1 aromatic heterocycles. The highest BCUT2D eigenvalue weighted by Crippen LogP contribution is 2.11. The van der Waals surface area contributed by atoms with Crippen molar-refractivity contribution in [3.63, 3.8) is 0 Å². The van der Waals surface area contributed by atoms with E-state index in [-0.39, 0.29) is 18.0 Å². The topological polar surface area (TPSA) is 47.3 Å². The Morgan fingerprint density at radius 1 is 1.11 bits per heavy atom. The van der Waals surface area contributed by atoms with E-state index in [4.69, 9.17) is 4.42 Å². The van der Waals surface area contributed by atoms with E-state index >= 15 is 0 Å². The molecule has 3 nitrogen and oxygen atoms in total. The van der Waals surface area contributed by atoms with Crippen molar-refractivity contribution in [2.45, 2.75) is 58.8 Å². The summed E-state index contributed by atoms with van der Waals surface area (Å²) < 4.78 is 5.20. The Morgan fingerprint density at radius 3 is 2.44 bits per heavy atom. The monoisotopic (exact) mass is 250 g/mol. The molecule has 0 N–H and O–H groups in total. The lowest BCUT2D eigenvalue weighted by Crippen LogP contribution is -2.07. The first kappa shape index (κ1) is 14.7. The molecule has 0 aliphatic rings. The average molecular weight is 250 g/mol. The summed E-state index contributed by atoms with van der Waals surface area (Å²) in [6.45, 7) is 3.95. The Hall–Kier alpha value is -1.38. The summed E-state index contributed by atoms with van der Waals surface area (Å²) in [7, 11) is 0. The maximum Gasteiger partial charge on any atom is 0.205 e. The highest BCUT2D eigenvalue weighted by Gasteiger charge is 2.14. The molecule has 1 rings (SSSR count). The first-order valence-electron chi connectivity index (χ1n) is 6.74. The standard InChI is InChI=1S/C15H22O3/c1-3-4-5-6-7-8-13(16)11-14(17)15-10-9-12(2)18-15/h9-10H,3-8,11H2,1-2H3. The Kier molecular flexibility index (Phi) is 6.40. The van der Waals surface area contributed by atoms with Gasteiger partial charge in [-0.2, -0.15) is 0 Å². The van der Waals surface area contributed by atoms with E-state index in [9.17, 15) is 9.59 Å². The van der Waals surface area contributed by atoms with Crippen LogP contribution in [0.5, 0.6) is 0 Å². The van der Waals surface area contributed by atoms with E-state index in [2.05, 4.69) is 6.92 Å². The second-order valence-electron chi connectivity index (χ2n) is 4.71. The van der Waals surface area contributed by atoms with Gasteiger partial charge in [0.25, 0.3) is 0 Å². The molecule has 0 bridgehead atoms. The van der Waals surface area contributed by atoms with Crippen LogP contribution >= 0.6 is 0 Å². The number of furan rings is 1. The molecule has 0 fully saturated rings. The zero-order chi connectivity index (χ0) is 13.4. The second kappa shape index (κ2) is 7.85. The minimum atomic E-state index is -0.207. The molecule has 1 aromatic rings. The molecule has 0 aliphatic carbocycles. The van der Waals surface area contributed by atoms with Gasteiger partial charge in [-0.25, -0.2) is 0 Å². The number of ketones is 2. The first-order chi connectivity index (χ1) is 8.63. The lowest BCUT2D eigenvalue weighted by molar-refractivity contribution is -0.118. The lowest BCUT2D eigenvalue weighted by atomic mass is 10.1. The molecule has 1 heterocycles. The largest absolute Gasteiger partial charge is 0.458 e. The molecule has 18 heavy (non-hydrogen) atoms. The third-order valence-corrected chi connectivity index (χ3v) is 2.93. The van der Waals surface area contributed by atoms with Crippen molar-refractivity contribution >= 4 is 11.6 Å². The van der Waals surface area contributed by atoms with Crippen molar-refractivity contribution in [3.05, 3.63) is 23.7 Å². The molecule has 0 radical (unpaired) electrons. The van der Waals surface area contributed by atoms with Gasteiger partial charge in [0.15, 0.2) is 5.76 Å². The fourth-order valence-corrected chi connectivity index (χ4v) is 1.86. The van der Waals surface area contributed by atoms with Crippen LogP contribution in [-0.4, -0.2) is 11.6 Å². The summed E-state index contributed by atoms with van der Waals surface area (Å²) in [4.78, 5) is 23.3. The summed E-state index contributed by atoms with van der Waals surface area (Å²) in [6.07, 6.45) is 6.05. The molecular formula is C15H22O3. The molecule has 3 heteroatoms. The van der Waals surface area contributed by atoms with Gasteiger partial charge in [-0.3, -0.25) is 9.59 Å². The number of Topliss-reactive ketones (excluding diaryl/α,β-unsaturated/α-hetero) is 2. The lowest BCUT2D eigenvalue weighted by Gasteiger charge is -2.00. The minimum Gasteiger partial charge on any atom is -0.458 e. The summed E-state index contributed by atoms with van der Waals surface area (Å²) >= 11 is 0. The maximum absolute atomic E-state index is 11.7. The quantitative estimate of drug-likeness (QED) is 0.377. The zero-order valence-electron chi connectivity index (χ0n) is 11.3. The molecule has 100 valence electrons. The van der Waals surface area contributed by atoms with Crippen LogP contribution in [0.2, 0.25) is 0 Å². The van der Waals surface area contributed by atoms with E-state index in [1.165, 1.54) is 19.3 Å². The maximum atomic E-state index is 11.7. The van der Waals surface area contributed by atoms with Gasteiger partial charge >= 0.3 is 0 Å². The van der Waals surface area contributed by atoms with Crippen LogP contribution in [0.3, 0.4) is 0 Å². The minimum absolute atomic E-state index is 0.0190. The van der Waals surface area contributed by atoms with Crippen molar-refractivity contribution in [3.8, 4) is 0 Å². The Bertz CT molecular complexity index is 390. The number of carbonyl (C=O) groups excluding carboxylic acids is 2. The molecule has 0 aromatic carbocycles. The van der Waals surface area contributed by atoms with Gasteiger partial charge < -0.3 is 4.42 Å². The number of rotatable bonds is 9. The van der Waals surface area contributed by atoms with Crippen molar-refractivity contribution < 1.29 is 14.0 Å². The molecule has 0 saturated heterocycles. The van der Waals surface area contributed by atoms with Crippen molar-refractivity contribution in [2.75, 3.05) is 0 Å². The van der Waals surface area contributed by atoms with Gasteiger partial charge in [-0.15, -0.1) is 0 Å². The highest BCUT2D eigenvalue weighted by molar-refractivity contribution is 6.06. The normalized spacial score (nSPS) is 10.6. The van der Waals surface area contributed by atoms with Crippen LogP contribution in [0.15, 0.2) is 16.5 Å². The van der Waals surface area contributed by atoms with Gasteiger partial charge in [-0.1, -0.05) is 32.6 Å². The molecule has 0 saturated carbocycles. The van der Waals surface area contributed by atoms with Crippen LogP contribution in [0.4, 0.5) is 0 Å². The van der Waals surface area contributed by atoms with Gasteiger partial charge in [-0.05, 0) is 25.5 Å². The summed E-state index contributed by atoms with van der Waals surface area (Å²) in [5, 5.41) is 0. The summed E-state index contributed by atoms with van der Waals surface area (Å²) in [6, 6.07) is 3.37. The molecule has 0 spiro atoms. The van der Waals surface area contributed by atoms with Crippen molar-refractivity contribution in [1.29, 1.82) is 0 Å². The van der Waals surface area contributed by atoms with Crippen LogP contribution in [0, 0.1) is 6.92 Å². The molecule has 0 unspecified atom stereocenters. The third kappa shape index (κ3) is 5.30. The van der Waals surface area contributed by atoms with E-state index in [1.807, 2.05) is 0 Å². The number of unbranched alkanes of at least 4 members (excludes halogenated alkanes) is 4. The molecule has 0 atom stereocenters. The van der Waals surface area contributed by atoms with Gasteiger partial charge in [0.05, 0.1) is 6.42 Å². The predicted molar refractivity (Wildman–Crippen MR) is 70.8 cm³/mol. The Labute approximate surface area is 109 Å². The smallest absolute Gasteiger partial charge is 0.205 e. The summed E-state index contributed by atoms with van der Waals surface area (Å²) in [5.41, 5.74) is 0. The molecule has 0 aliphatic heterocycles. The van der Waals surface area contributed by atoms with Crippen LogP contribution < -0.4 is 0 Å². The SMILES string of the molecule is CCCCCCCC(=O)CC(=O)c1ccc(C)o1. The Balaban J connectivity index is 2.22. The molecule has 0 amide bonds. The third-order valence-electron chi connectivity index (χ3n) is 2.93. The van der Waals surface area contributed by atoms with Gasteiger partial charge in [0.2, 0.25) is 5.78 Å². The second-order valence-corrected chi connectivity index (χ2v) is 4.71. The number of hydrogen-bond acceptors (Lipinski definition) is 3. The van der Waals surface area contributed by atoms with E-state index in [0.717, 1.165) is 12.8 Å². The fourth-order valence-electron chi connectivity index (χ4n) is 1.86. The fraction of sp³-hybridized carbons (Fsp3) is 0.600. The average Bonchev–Trinajstić information content (AvgIpc) is 2.75. The van der Waals surface area contributed by atoms with E-state index < -0.39 is 0 Å².